The fourth-order valence-electron chi connectivity index (χ4n) is 3.45. The van der Waals surface area contributed by atoms with Gasteiger partial charge in [-0.3, -0.25) is 4.79 Å². The minimum Gasteiger partial charge on any atom is -0.464 e. The maximum atomic E-state index is 12.4. The molecule has 0 saturated heterocycles. The Morgan fingerprint density at radius 2 is 1.48 bits per heavy atom. The minimum absolute atomic E-state index is 0.0707. The van der Waals surface area contributed by atoms with Gasteiger partial charge in [0.15, 0.2) is 5.43 Å². The summed E-state index contributed by atoms with van der Waals surface area (Å²) in [6, 6.07) is 17.6. The van der Waals surface area contributed by atoms with Crippen molar-refractivity contribution in [2.75, 3.05) is 0 Å². The Morgan fingerprint density at radius 1 is 0.714 bits per heavy atom. The van der Waals surface area contributed by atoms with Gasteiger partial charge < -0.3 is 4.42 Å². The van der Waals surface area contributed by atoms with Gasteiger partial charge in [-0.05, 0) is 45.8 Å². The molecule has 5 rings (SSSR count). The summed E-state index contributed by atoms with van der Waals surface area (Å²) < 4.78 is 5.64. The molecular weight excluding hydrogens is 260 g/mol. The average Bonchev–Trinajstić information content (AvgIpc) is 2.86. The predicted molar refractivity (Wildman–Crippen MR) is 86.2 cm³/mol. The Bertz CT molecular complexity index is 1200. The molecule has 0 spiro atoms. The number of fused-ring (bicyclic) bond motifs is 5. The first-order chi connectivity index (χ1) is 10.3. The summed E-state index contributed by atoms with van der Waals surface area (Å²) in [7, 11) is 0. The lowest BCUT2D eigenvalue weighted by molar-refractivity contribution is 0.604. The Labute approximate surface area is 119 Å². The van der Waals surface area contributed by atoms with E-state index >= 15 is 0 Å². The SMILES string of the molecule is O=c1cccc2c3cccc4cc5occcc5c(c12)c43. The van der Waals surface area contributed by atoms with Gasteiger partial charge in [0.2, 0.25) is 0 Å². The number of hydrogen-bond acceptors (Lipinski definition) is 2. The molecule has 0 fully saturated rings. The molecule has 0 amide bonds. The van der Waals surface area contributed by atoms with Crippen LogP contribution < -0.4 is 5.43 Å². The Kier molecular flexibility index (Phi) is 1.87. The minimum atomic E-state index is 0.0707. The summed E-state index contributed by atoms with van der Waals surface area (Å²) in [5, 5.41) is 7.25. The summed E-state index contributed by atoms with van der Waals surface area (Å²) >= 11 is 0. The van der Waals surface area contributed by atoms with Crippen molar-refractivity contribution in [3.63, 3.8) is 0 Å². The highest BCUT2D eigenvalue weighted by Gasteiger charge is 2.16. The van der Waals surface area contributed by atoms with Crippen LogP contribution in [0.1, 0.15) is 0 Å². The normalized spacial score (nSPS) is 12.0. The smallest absolute Gasteiger partial charge is 0.187 e. The second kappa shape index (κ2) is 3.61. The topological polar surface area (TPSA) is 30.2 Å². The van der Waals surface area contributed by atoms with Gasteiger partial charge in [-0.1, -0.05) is 30.3 Å². The Hall–Kier alpha value is -2.87. The maximum Gasteiger partial charge on any atom is 0.187 e. The van der Waals surface area contributed by atoms with Crippen molar-refractivity contribution in [2.24, 2.45) is 0 Å². The average molecular weight is 270 g/mol. The van der Waals surface area contributed by atoms with Gasteiger partial charge in [0.25, 0.3) is 0 Å². The van der Waals surface area contributed by atoms with Crippen molar-refractivity contribution in [3.8, 4) is 0 Å². The predicted octanol–water partition coefficient (Wildman–Crippen LogP) is 4.69. The number of rotatable bonds is 0. The van der Waals surface area contributed by atoms with Crippen molar-refractivity contribution >= 4 is 43.3 Å². The van der Waals surface area contributed by atoms with Gasteiger partial charge in [-0.2, -0.15) is 0 Å². The van der Waals surface area contributed by atoms with Crippen molar-refractivity contribution in [1.82, 2.24) is 0 Å². The van der Waals surface area contributed by atoms with Crippen LogP contribution in [0.2, 0.25) is 0 Å². The van der Waals surface area contributed by atoms with Crippen molar-refractivity contribution in [2.45, 2.75) is 0 Å². The molecule has 0 unspecified atom stereocenters. The Morgan fingerprint density at radius 3 is 2.38 bits per heavy atom. The number of benzene rings is 3. The highest BCUT2D eigenvalue weighted by atomic mass is 16.3. The summed E-state index contributed by atoms with van der Waals surface area (Å²) in [6.07, 6.45) is 1.67. The van der Waals surface area contributed by atoms with E-state index in [1.807, 2.05) is 36.4 Å². The van der Waals surface area contributed by atoms with E-state index in [9.17, 15) is 4.79 Å². The third kappa shape index (κ3) is 1.24. The summed E-state index contributed by atoms with van der Waals surface area (Å²) in [5.74, 6) is 0. The van der Waals surface area contributed by atoms with Crippen molar-refractivity contribution < 1.29 is 4.42 Å². The molecule has 2 heteroatoms. The quantitative estimate of drug-likeness (QED) is 0.382. The molecule has 5 aromatic rings. The van der Waals surface area contributed by atoms with Crippen LogP contribution in [-0.4, -0.2) is 0 Å². The number of hydrogen-bond donors (Lipinski definition) is 0. The fourth-order valence-corrected chi connectivity index (χ4v) is 3.45. The largest absolute Gasteiger partial charge is 0.464 e. The third-order valence-electron chi connectivity index (χ3n) is 4.27. The molecule has 0 bridgehead atoms. The fraction of sp³-hybridized carbons (Fsp3) is 0. The van der Waals surface area contributed by atoms with E-state index in [2.05, 4.69) is 12.1 Å². The highest BCUT2D eigenvalue weighted by molar-refractivity contribution is 6.36. The van der Waals surface area contributed by atoms with E-state index in [1.165, 1.54) is 0 Å². The standard InChI is InChI=1S/C19H10O2/c20-15-8-2-6-13-12-5-1-4-11-10-16-14(7-3-9-21-16)19(17(11)12)18(13)15/h1-10H. The lowest BCUT2D eigenvalue weighted by Gasteiger charge is -2.03. The summed E-state index contributed by atoms with van der Waals surface area (Å²) in [6.45, 7) is 0. The summed E-state index contributed by atoms with van der Waals surface area (Å²) in [4.78, 5) is 12.4. The van der Waals surface area contributed by atoms with Gasteiger partial charge in [-0.25, -0.2) is 0 Å². The zero-order valence-corrected chi connectivity index (χ0v) is 11.1. The van der Waals surface area contributed by atoms with Crippen LogP contribution in [-0.2, 0) is 0 Å². The van der Waals surface area contributed by atoms with Gasteiger partial charge in [0, 0.05) is 16.2 Å². The van der Waals surface area contributed by atoms with E-state index in [-0.39, 0.29) is 5.43 Å². The van der Waals surface area contributed by atoms with Gasteiger partial charge in [-0.15, -0.1) is 0 Å². The van der Waals surface area contributed by atoms with Crippen LogP contribution in [0.25, 0.3) is 43.3 Å². The first kappa shape index (κ1) is 10.9. The molecule has 0 N–H and O–H groups in total. The molecule has 0 radical (unpaired) electrons. The zero-order chi connectivity index (χ0) is 14.0. The van der Waals surface area contributed by atoms with Crippen molar-refractivity contribution in [3.05, 3.63) is 71.1 Å². The lowest BCUT2D eigenvalue weighted by atomic mass is 10.0. The molecule has 1 aromatic heterocycles. The van der Waals surface area contributed by atoms with Crippen LogP contribution in [0, 0.1) is 0 Å². The Balaban J connectivity index is 2.33. The summed E-state index contributed by atoms with van der Waals surface area (Å²) in [5.41, 5.74) is 0.884. The molecule has 21 heavy (non-hydrogen) atoms. The lowest BCUT2D eigenvalue weighted by Crippen LogP contribution is -1.96. The third-order valence-corrected chi connectivity index (χ3v) is 4.27. The van der Waals surface area contributed by atoms with Crippen LogP contribution in [0.3, 0.4) is 0 Å². The first-order valence-corrected chi connectivity index (χ1v) is 6.91. The molecule has 98 valence electrons. The molecule has 0 aliphatic heterocycles. The van der Waals surface area contributed by atoms with Gasteiger partial charge in [0.05, 0.1) is 6.26 Å². The van der Waals surface area contributed by atoms with E-state index < -0.39 is 0 Å². The molecule has 0 atom stereocenters. The van der Waals surface area contributed by atoms with Crippen molar-refractivity contribution in [1.29, 1.82) is 0 Å². The van der Waals surface area contributed by atoms with Crippen LogP contribution in [0.15, 0.2) is 70.1 Å². The molecule has 2 nitrogen and oxygen atoms in total. The first-order valence-electron chi connectivity index (χ1n) is 6.91. The monoisotopic (exact) mass is 270 g/mol. The second-order valence-corrected chi connectivity index (χ2v) is 5.36. The van der Waals surface area contributed by atoms with Gasteiger partial charge in [0.1, 0.15) is 5.58 Å². The molecule has 0 aliphatic carbocycles. The van der Waals surface area contributed by atoms with E-state index in [0.717, 1.165) is 43.3 Å². The van der Waals surface area contributed by atoms with E-state index in [0.29, 0.717) is 0 Å². The molecular formula is C19H10O2. The molecule has 0 aliphatic rings. The van der Waals surface area contributed by atoms with E-state index in [1.54, 1.807) is 12.3 Å². The second-order valence-electron chi connectivity index (χ2n) is 5.36. The molecule has 0 saturated carbocycles. The van der Waals surface area contributed by atoms with Crippen LogP contribution in [0.4, 0.5) is 0 Å². The molecule has 1 heterocycles. The van der Waals surface area contributed by atoms with Crippen LogP contribution in [0.5, 0.6) is 0 Å². The zero-order valence-electron chi connectivity index (χ0n) is 11.1. The maximum absolute atomic E-state index is 12.4. The highest BCUT2D eigenvalue weighted by Crippen LogP contribution is 2.40. The van der Waals surface area contributed by atoms with Crippen LogP contribution >= 0.6 is 0 Å². The van der Waals surface area contributed by atoms with Gasteiger partial charge >= 0.3 is 0 Å². The molecule has 4 aromatic carbocycles. The van der Waals surface area contributed by atoms with E-state index in [4.69, 9.17) is 4.42 Å².